The number of hydrogen-bond donors (Lipinski definition) is 3. The lowest BCUT2D eigenvalue weighted by molar-refractivity contribution is 0.589. The molecule has 108 valence electrons. The van der Waals surface area contributed by atoms with Gasteiger partial charge in [-0.15, -0.1) is 0 Å². The number of hydrogen-bond acceptors (Lipinski definition) is 4. The molecule has 1 rings (SSSR count). The number of sulfonamides is 1. The summed E-state index contributed by atoms with van der Waals surface area (Å²) < 4.78 is 24.2. The van der Waals surface area contributed by atoms with Crippen LogP contribution in [0, 0.1) is 5.92 Å². The van der Waals surface area contributed by atoms with Crippen molar-refractivity contribution in [3.63, 3.8) is 0 Å². The Hall–Kier alpha value is -1.11. The van der Waals surface area contributed by atoms with E-state index in [-0.39, 0.29) is 0 Å². The molecule has 6 heteroatoms. The second-order valence-corrected chi connectivity index (χ2v) is 6.67. The van der Waals surface area contributed by atoms with E-state index in [1.807, 2.05) is 12.1 Å². The maximum atomic E-state index is 10.9. The summed E-state index contributed by atoms with van der Waals surface area (Å²) in [5, 5.41) is 3.16. The van der Waals surface area contributed by atoms with Gasteiger partial charge in [-0.05, 0) is 36.6 Å². The molecular formula is C13H23N3O2S. The predicted molar refractivity (Wildman–Crippen MR) is 79.7 cm³/mol. The summed E-state index contributed by atoms with van der Waals surface area (Å²) in [7, 11) is -3.10. The van der Waals surface area contributed by atoms with Crippen LogP contribution in [0.25, 0.3) is 0 Å². The molecule has 0 aliphatic rings. The summed E-state index contributed by atoms with van der Waals surface area (Å²) in [5.41, 5.74) is 7.84. The fraction of sp³-hybridized carbons (Fsp3) is 0.538. The molecule has 0 aliphatic carbocycles. The molecule has 0 spiro atoms. The van der Waals surface area contributed by atoms with E-state index < -0.39 is 10.0 Å². The van der Waals surface area contributed by atoms with Gasteiger partial charge in [-0.1, -0.05) is 19.1 Å². The van der Waals surface area contributed by atoms with Crippen LogP contribution < -0.4 is 15.8 Å². The predicted octanol–water partition coefficient (Wildman–Crippen LogP) is 0.785. The zero-order chi connectivity index (χ0) is 14.3. The number of nitrogens with two attached hydrogens (primary N) is 1. The second-order valence-electron chi connectivity index (χ2n) is 4.84. The van der Waals surface area contributed by atoms with E-state index in [4.69, 9.17) is 5.73 Å². The highest BCUT2D eigenvalue weighted by Gasteiger charge is 2.02. The molecule has 0 saturated heterocycles. The van der Waals surface area contributed by atoms with Crippen molar-refractivity contribution in [1.29, 1.82) is 0 Å². The van der Waals surface area contributed by atoms with Crippen LogP contribution in [0.3, 0.4) is 0 Å². The highest BCUT2D eigenvalue weighted by Crippen LogP contribution is 2.12. The average Bonchev–Trinajstić information content (AvgIpc) is 2.35. The quantitative estimate of drug-likeness (QED) is 0.616. The molecule has 0 aromatic heterocycles. The Morgan fingerprint density at radius 3 is 2.37 bits per heavy atom. The van der Waals surface area contributed by atoms with Gasteiger partial charge in [-0.25, -0.2) is 13.1 Å². The normalized spacial score (nSPS) is 13.2. The molecule has 19 heavy (non-hydrogen) atoms. The Balaban J connectivity index is 2.36. The van der Waals surface area contributed by atoms with Gasteiger partial charge in [0.25, 0.3) is 0 Å². The van der Waals surface area contributed by atoms with Crippen LogP contribution in [0.5, 0.6) is 0 Å². The van der Waals surface area contributed by atoms with Gasteiger partial charge in [0.05, 0.1) is 6.26 Å². The SMILES string of the molecule is CC(CN)Cc1ccc(NCCNS(C)(=O)=O)cc1. The van der Waals surface area contributed by atoms with Crippen LogP contribution in [-0.4, -0.2) is 34.3 Å². The van der Waals surface area contributed by atoms with Crippen LogP contribution >= 0.6 is 0 Å². The first-order valence-electron chi connectivity index (χ1n) is 6.38. The third-order valence-electron chi connectivity index (χ3n) is 2.76. The summed E-state index contributed by atoms with van der Waals surface area (Å²) >= 11 is 0. The van der Waals surface area contributed by atoms with Crippen molar-refractivity contribution in [3.8, 4) is 0 Å². The maximum Gasteiger partial charge on any atom is 0.208 e. The van der Waals surface area contributed by atoms with Crippen molar-refractivity contribution >= 4 is 15.7 Å². The van der Waals surface area contributed by atoms with Crippen molar-refractivity contribution in [2.45, 2.75) is 13.3 Å². The van der Waals surface area contributed by atoms with Gasteiger partial charge in [0, 0.05) is 18.8 Å². The number of benzene rings is 1. The van der Waals surface area contributed by atoms with E-state index in [2.05, 4.69) is 29.1 Å². The summed E-state index contributed by atoms with van der Waals surface area (Å²) in [6, 6.07) is 8.13. The highest BCUT2D eigenvalue weighted by atomic mass is 32.2. The lowest BCUT2D eigenvalue weighted by Gasteiger charge is -2.10. The van der Waals surface area contributed by atoms with E-state index >= 15 is 0 Å². The van der Waals surface area contributed by atoms with Crippen molar-refractivity contribution < 1.29 is 8.42 Å². The first-order chi connectivity index (χ1) is 8.90. The molecule has 0 aliphatic heterocycles. The minimum atomic E-state index is -3.10. The van der Waals surface area contributed by atoms with Gasteiger partial charge in [-0.3, -0.25) is 0 Å². The topological polar surface area (TPSA) is 84.2 Å². The number of anilines is 1. The molecule has 0 amide bonds. The van der Waals surface area contributed by atoms with E-state index in [1.54, 1.807) is 0 Å². The zero-order valence-corrected chi connectivity index (χ0v) is 12.3. The first-order valence-corrected chi connectivity index (χ1v) is 8.27. The number of rotatable bonds is 8. The van der Waals surface area contributed by atoms with Crippen LogP contribution in [0.2, 0.25) is 0 Å². The third kappa shape index (κ3) is 7.15. The van der Waals surface area contributed by atoms with Crippen LogP contribution in [0.15, 0.2) is 24.3 Å². The minimum absolute atomic E-state index is 0.380. The average molecular weight is 285 g/mol. The fourth-order valence-electron chi connectivity index (χ4n) is 1.69. The van der Waals surface area contributed by atoms with Gasteiger partial charge in [0.2, 0.25) is 10.0 Å². The lowest BCUT2D eigenvalue weighted by Crippen LogP contribution is -2.27. The molecule has 0 bridgehead atoms. The van der Waals surface area contributed by atoms with Gasteiger partial charge >= 0.3 is 0 Å². The molecule has 1 unspecified atom stereocenters. The second kappa shape index (κ2) is 7.47. The molecule has 5 nitrogen and oxygen atoms in total. The van der Waals surface area contributed by atoms with Crippen molar-refractivity contribution in [2.24, 2.45) is 11.7 Å². The summed E-state index contributed by atoms with van der Waals surface area (Å²) in [5.74, 6) is 0.484. The Kier molecular flexibility index (Phi) is 6.27. The van der Waals surface area contributed by atoms with Gasteiger partial charge in [0.15, 0.2) is 0 Å². The minimum Gasteiger partial charge on any atom is -0.384 e. The monoisotopic (exact) mass is 285 g/mol. The number of nitrogens with one attached hydrogen (secondary N) is 2. The molecule has 0 heterocycles. The third-order valence-corrected chi connectivity index (χ3v) is 3.49. The Labute approximate surface area is 115 Å². The molecule has 1 aromatic rings. The summed E-state index contributed by atoms with van der Waals surface area (Å²) in [6.07, 6.45) is 2.13. The van der Waals surface area contributed by atoms with E-state index in [0.29, 0.717) is 25.6 Å². The summed E-state index contributed by atoms with van der Waals surface area (Å²) in [6.45, 7) is 3.76. The molecular weight excluding hydrogens is 262 g/mol. The van der Waals surface area contributed by atoms with Gasteiger partial charge in [-0.2, -0.15) is 0 Å². The van der Waals surface area contributed by atoms with Crippen molar-refractivity contribution in [1.82, 2.24) is 4.72 Å². The molecule has 0 saturated carbocycles. The molecule has 0 fully saturated rings. The Morgan fingerprint density at radius 1 is 1.21 bits per heavy atom. The largest absolute Gasteiger partial charge is 0.384 e. The standard InChI is InChI=1S/C13H23N3O2S/c1-11(10-14)9-12-3-5-13(6-4-12)15-7-8-16-19(2,17)18/h3-6,11,15-16H,7-10,14H2,1-2H3. The van der Waals surface area contributed by atoms with Crippen molar-refractivity contribution in [3.05, 3.63) is 29.8 Å². The highest BCUT2D eigenvalue weighted by molar-refractivity contribution is 7.88. The van der Waals surface area contributed by atoms with Crippen molar-refractivity contribution in [2.75, 3.05) is 31.2 Å². The molecule has 0 radical (unpaired) electrons. The van der Waals surface area contributed by atoms with Crippen LogP contribution in [0.1, 0.15) is 12.5 Å². The van der Waals surface area contributed by atoms with Gasteiger partial charge < -0.3 is 11.1 Å². The molecule has 1 atom stereocenters. The van der Waals surface area contributed by atoms with E-state index in [1.165, 1.54) is 5.56 Å². The zero-order valence-electron chi connectivity index (χ0n) is 11.5. The van der Waals surface area contributed by atoms with Crippen LogP contribution in [-0.2, 0) is 16.4 Å². The van der Waals surface area contributed by atoms with Crippen LogP contribution in [0.4, 0.5) is 5.69 Å². The Morgan fingerprint density at radius 2 is 1.84 bits per heavy atom. The lowest BCUT2D eigenvalue weighted by atomic mass is 10.0. The van der Waals surface area contributed by atoms with Gasteiger partial charge in [0.1, 0.15) is 0 Å². The first kappa shape index (κ1) is 15.9. The molecule has 1 aromatic carbocycles. The smallest absolute Gasteiger partial charge is 0.208 e. The Bertz CT molecular complexity index is 471. The maximum absolute atomic E-state index is 10.9. The summed E-state index contributed by atoms with van der Waals surface area (Å²) in [4.78, 5) is 0. The molecule has 4 N–H and O–H groups in total. The van der Waals surface area contributed by atoms with E-state index in [0.717, 1.165) is 18.4 Å². The van der Waals surface area contributed by atoms with E-state index in [9.17, 15) is 8.42 Å². The fourth-order valence-corrected chi connectivity index (χ4v) is 2.16.